The van der Waals surface area contributed by atoms with Crippen LogP contribution < -0.4 is 10.6 Å². The van der Waals surface area contributed by atoms with Gasteiger partial charge in [0, 0.05) is 42.0 Å². The van der Waals surface area contributed by atoms with Gasteiger partial charge in [-0.2, -0.15) is 0 Å². The number of anilines is 1. The summed E-state index contributed by atoms with van der Waals surface area (Å²) in [6.45, 7) is 0.124. The number of nitrogens with two attached hydrogens (primary N) is 1. The molecule has 0 aliphatic carbocycles. The summed E-state index contributed by atoms with van der Waals surface area (Å²) in [5.74, 6) is -1.16. The van der Waals surface area contributed by atoms with E-state index in [0.717, 1.165) is 10.6 Å². The molecule has 0 aliphatic heterocycles. The molecule has 3 rings (SSSR count). The number of carbonyl (C=O) groups is 2. The molecule has 3 aromatic rings. The highest BCUT2D eigenvalue weighted by Gasteiger charge is 2.18. The first-order valence-electron chi connectivity index (χ1n) is 8.22. The second kappa shape index (κ2) is 8.50. The van der Waals surface area contributed by atoms with Crippen LogP contribution in [-0.2, 0) is 16.0 Å². The summed E-state index contributed by atoms with van der Waals surface area (Å²) in [5, 5.41) is 2.59. The minimum absolute atomic E-state index is 0.0150. The number of aromatic nitrogens is 2. The predicted octanol–water partition coefficient (Wildman–Crippen LogP) is 2.80. The number of benzene rings is 1. The summed E-state index contributed by atoms with van der Waals surface area (Å²) in [5.41, 5.74) is 7.22. The Morgan fingerprint density at radius 1 is 1.19 bits per heavy atom. The highest BCUT2D eigenvalue weighted by Crippen LogP contribution is 2.24. The number of pyridine rings is 1. The van der Waals surface area contributed by atoms with Gasteiger partial charge in [0.05, 0.1) is 12.1 Å². The van der Waals surface area contributed by atoms with Crippen LogP contribution in [0, 0.1) is 5.82 Å². The zero-order chi connectivity index (χ0) is 19.2. The van der Waals surface area contributed by atoms with Crippen LogP contribution in [0.4, 0.5) is 10.1 Å². The van der Waals surface area contributed by atoms with Crippen LogP contribution in [0.3, 0.4) is 0 Å². The molecule has 0 saturated heterocycles. The molecule has 6 nitrogen and oxygen atoms in total. The van der Waals surface area contributed by atoms with Crippen molar-refractivity contribution in [3.63, 3.8) is 0 Å². The summed E-state index contributed by atoms with van der Waals surface area (Å²) < 4.78 is 13.2. The van der Waals surface area contributed by atoms with Gasteiger partial charge in [0.25, 0.3) is 0 Å². The first kappa shape index (κ1) is 18.7. The van der Waals surface area contributed by atoms with Crippen molar-refractivity contribution in [3.8, 4) is 10.6 Å². The van der Waals surface area contributed by atoms with E-state index in [-0.39, 0.29) is 25.3 Å². The van der Waals surface area contributed by atoms with Gasteiger partial charge < -0.3 is 10.6 Å². The number of hydrogen-bond donors (Lipinski definition) is 1. The Hall–Kier alpha value is -3.13. The maximum Gasteiger partial charge on any atom is 0.233 e. The Kier molecular flexibility index (Phi) is 5.87. The molecule has 1 aromatic carbocycles. The number of hydrogen-bond acceptors (Lipinski definition) is 5. The Bertz CT molecular complexity index is 928. The normalized spacial score (nSPS) is 10.6. The molecule has 0 unspecified atom stereocenters. The van der Waals surface area contributed by atoms with Crippen molar-refractivity contribution >= 4 is 28.8 Å². The average Bonchev–Trinajstić information content (AvgIpc) is 3.12. The van der Waals surface area contributed by atoms with Crippen molar-refractivity contribution in [2.45, 2.75) is 12.8 Å². The van der Waals surface area contributed by atoms with E-state index in [1.807, 2.05) is 17.5 Å². The van der Waals surface area contributed by atoms with Gasteiger partial charge >= 0.3 is 0 Å². The quantitative estimate of drug-likeness (QED) is 0.678. The van der Waals surface area contributed by atoms with Gasteiger partial charge in [-0.1, -0.05) is 0 Å². The van der Waals surface area contributed by atoms with Gasteiger partial charge in [0.2, 0.25) is 11.8 Å². The second-order valence-electron chi connectivity index (χ2n) is 5.80. The number of primary amides is 1. The first-order valence-corrected chi connectivity index (χ1v) is 9.10. The van der Waals surface area contributed by atoms with Crippen molar-refractivity contribution in [1.82, 2.24) is 9.97 Å². The SMILES string of the molecule is NC(=O)CCN(C(=O)Cc1csc(-c2cccnc2)n1)c1ccc(F)cc1. The number of amides is 2. The lowest BCUT2D eigenvalue weighted by Gasteiger charge is -2.22. The molecule has 8 heteroatoms. The van der Waals surface area contributed by atoms with E-state index in [1.54, 1.807) is 12.4 Å². The minimum atomic E-state index is -0.512. The topological polar surface area (TPSA) is 89.2 Å². The smallest absolute Gasteiger partial charge is 0.233 e. The van der Waals surface area contributed by atoms with Gasteiger partial charge in [-0.15, -0.1) is 11.3 Å². The van der Waals surface area contributed by atoms with Crippen LogP contribution in [0.15, 0.2) is 54.2 Å². The van der Waals surface area contributed by atoms with E-state index in [1.165, 1.54) is 40.5 Å². The third-order valence-electron chi connectivity index (χ3n) is 3.81. The fraction of sp³-hybridized carbons (Fsp3) is 0.158. The van der Waals surface area contributed by atoms with Crippen molar-refractivity contribution in [2.24, 2.45) is 5.73 Å². The van der Waals surface area contributed by atoms with Crippen molar-refractivity contribution in [3.05, 3.63) is 65.7 Å². The molecule has 2 aromatic heterocycles. The van der Waals surface area contributed by atoms with E-state index in [0.29, 0.717) is 11.4 Å². The first-order chi connectivity index (χ1) is 13.0. The van der Waals surface area contributed by atoms with E-state index in [4.69, 9.17) is 5.73 Å². The van der Waals surface area contributed by atoms with E-state index in [2.05, 4.69) is 9.97 Å². The molecule has 0 radical (unpaired) electrons. The summed E-state index contributed by atoms with van der Waals surface area (Å²) >= 11 is 1.43. The summed E-state index contributed by atoms with van der Waals surface area (Å²) in [6.07, 6.45) is 3.47. The molecule has 0 spiro atoms. The van der Waals surface area contributed by atoms with E-state index < -0.39 is 11.7 Å². The van der Waals surface area contributed by atoms with Gasteiger partial charge in [0.15, 0.2) is 0 Å². The fourth-order valence-corrected chi connectivity index (χ4v) is 3.31. The highest BCUT2D eigenvalue weighted by molar-refractivity contribution is 7.13. The monoisotopic (exact) mass is 384 g/mol. The fourth-order valence-electron chi connectivity index (χ4n) is 2.50. The zero-order valence-corrected chi connectivity index (χ0v) is 15.2. The molecule has 2 amide bonds. The third kappa shape index (κ3) is 4.95. The molecular formula is C19H17FN4O2S. The average molecular weight is 384 g/mol. The lowest BCUT2D eigenvalue weighted by molar-refractivity contribution is -0.118. The number of nitrogens with zero attached hydrogens (tertiary/aromatic N) is 3. The minimum Gasteiger partial charge on any atom is -0.370 e. The van der Waals surface area contributed by atoms with Crippen molar-refractivity contribution in [2.75, 3.05) is 11.4 Å². The molecular weight excluding hydrogens is 367 g/mol. The molecule has 0 bridgehead atoms. The molecule has 0 fully saturated rings. The molecule has 0 atom stereocenters. The van der Waals surface area contributed by atoms with Gasteiger partial charge in [-0.25, -0.2) is 9.37 Å². The van der Waals surface area contributed by atoms with Gasteiger partial charge in [0.1, 0.15) is 10.8 Å². The van der Waals surface area contributed by atoms with Crippen LogP contribution >= 0.6 is 11.3 Å². The van der Waals surface area contributed by atoms with Gasteiger partial charge in [-0.05, 0) is 36.4 Å². The Morgan fingerprint density at radius 3 is 2.63 bits per heavy atom. The number of carbonyl (C=O) groups excluding carboxylic acids is 2. The third-order valence-corrected chi connectivity index (χ3v) is 4.75. The second-order valence-corrected chi connectivity index (χ2v) is 6.66. The largest absolute Gasteiger partial charge is 0.370 e. The zero-order valence-electron chi connectivity index (χ0n) is 14.3. The van der Waals surface area contributed by atoms with Crippen LogP contribution in [0.1, 0.15) is 12.1 Å². The molecule has 2 heterocycles. The maximum absolute atomic E-state index is 13.2. The molecule has 0 saturated carbocycles. The van der Waals surface area contributed by atoms with Crippen LogP contribution in [0.5, 0.6) is 0 Å². The summed E-state index contributed by atoms with van der Waals surface area (Å²) in [7, 11) is 0. The predicted molar refractivity (Wildman–Crippen MR) is 102 cm³/mol. The standard InChI is InChI=1S/C19H17FN4O2S/c20-14-3-5-16(6-4-14)24(9-7-17(21)25)18(26)10-15-12-27-19(23-15)13-2-1-8-22-11-13/h1-6,8,11-12H,7,9-10H2,(H2,21,25). The van der Waals surface area contributed by atoms with Crippen molar-refractivity contribution < 1.29 is 14.0 Å². The highest BCUT2D eigenvalue weighted by atomic mass is 32.1. The Morgan fingerprint density at radius 2 is 1.96 bits per heavy atom. The molecule has 138 valence electrons. The van der Waals surface area contributed by atoms with Crippen LogP contribution in [0.25, 0.3) is 10.6 Å². The Labute approximate surface area is 159 Å². The van der Waals surface area contributed by atoms with Crippen LogP contribution in [-0.4, -0.2) is 28.3 Å². The van der Waals surface area contributed by atoms with E-state index in [9.17, 15) is 14.0 Å². The maximum atomic E-state index is 13.2. The number of rotatable bonds is 7. The van der Waals surface area contributed by atoms with Gasteiger partial charge in [-0.3, -0.25) is 14.6 Å². The molecule has 27 heavy (non-hydrogen) atoms. The summed E-state index contributed by atoms with van der Waals surface area (Å²) in [6, 6.07) is 9.25. The number of thiazole rings is 1. The Balaban J connectivity index is 1.77. The number of halogens is 1. The lowest BCUT2D eigenvalue weighted by Crippen LogP contribution is -2.35. The van der Waals surface area contributed by atoms with Crippen molar-refractivity contribution in [1.29, 1.82) is 0 Å². The van der Waals surface area contributed by atoms with Crippen LogP contribution in [0.2, 0.25) is 0 Å². The lowest BCUT2D eigenvalue weighted by atomic mass is 10.2. The van der Waals surface area contributed by atoms with E-state index >= 15 is 0 Å². The molecule has 2 N–H and O–H groups in total. The summed E-state index contributed by atoms with van der Waals surface area (Å²) in [4.78, 5) is 33.9. The molecule has 0 aliphatic rings.